The Labute approximate surface area is 153 Å². The van der Waals surface area contributed by atoms with Gasteiger partial charge in [-0.15, -0.1) is 0 Å². The van der Waals surface area contributed by atoms with E-state index in [0.29, 0.717) is 11.5 Å². The molecular weight excluding hydrogens is 330 g/mol. The smallest absolute Gasteiger partial charge is 0.335 e. The standard InChI is InChI=1S/C20H25N3O3/c1-13(2)17-21-19(26-22-17)20-8-4-7-16(20)11-23(12-20)10-14-5-3-6-15(9-14)18(24)25/h3,5-6,9,13,16H,4,7-8,10-12H2,1-2H3,(H,24,25)/t16-,20-/m1/s1. The molecule has 4 rings (SSSR count). The number of fused-ring (bicyclic) bond motifs is 1. The third-order valence-electron chi connectivity index (χ3n) is 5.91. The lowest BCUT2D eigenvalue weighted by Gasteiger charge is -2.24. The van der Waals surface area contributed by atoms with Gasteiger partial charge in [0, 0.05) is 25.6 Å². The number of likely N-dealkylation sites (tertiary alicyclic amines) is 1. The van der Waals surface area contributed by atoms with Crippen molar-refractivity contribution in [2.24, 2.45) is 5.92 Å². The Kier molecular flexibility index (Phi) is 4.31. The van der Waals surface area contributed by atoms with E-state index in [9.17, 15) is 9.90 Å². The molecular formula is C20H25N3O3. The molecule has 6 nitrogen and oxygen atoms in total. The number of hydrogen-bond donors (Lipinski definition) is 1. The van der Waals surface area contributed by atoms with Crippen LogP contribution in [0.15, 0.2) is 28.8 Å². The molecule has 2 aliphatic rings. The highest BCUT2D eigenvalue weighted by atomic mass is 16.5. The zero-order valence-electron chi connectivity index (χ0n) is 15.3. The van der Waals surface area contributed by atoms with E-state index in [1.165, 1.54) is 12.8 Å². The van der Waals surface area contributed by atoms with Gasteiger partial charge in [0.25, 0.3) is 0 Å². The van der Waals surface area contributed by atoms with E-state index in [2.05, 4.69) is 23.9 Å². The van der Waals surface area contributed by atoms with Gasteiger partial charge >= 0.3 is 5.97 Å². The lowest BCUT2D eigenvalue weighted by molar-refractivity contribution is 0.0696. The predicted octanol–water partition coefficient (Wildman–Crippen LogP) is 3.44. The van der Waals surface area contributed by atoms with Gasteiger partial charge in [-0.05, 0) is 36.5 Å². The Bertz CT molecular complexity index is 816. The van der Waals surface area contributed by atoms with Gasteiger partial charge in [-0.2, -0.15) is 4.98 Å². The first-order chi connectivity index (χ1) is 12.5. The van der Waals surface area contributed by atoms with Crippen LogP contribution in [0.2, 0.25) is 0 Å². The molecule has 1 aromatic carbocycles. The molecule has 0 amide bonds. The summed E-state index contributed by atoms with van der Waals surface area (Å²) >= 11 is 0. The Hall–Kier alpha value is -2.21. The molecule has 26 heavy (non-hydrogen) atoms. The van der Waals surface area contributed by atoms with Gasteiger partial charge in [0.1, 0.15) is 0 Å². The van der Waals surface area contributed by atoms with Crippen molar-refractivity contribution in [3.05, 3.63) is 47.1 Å². The fourth-order valence-electron chi connectivity index (χ4n) is 4.60. The summed E-state index contributed by atoms with van der Waals surface area (Å²) in [5.41, 5.74) is 1.34. The first-order valence-electron chi connectivity index (χ1n) is 9.36. The molecule has 6 heteroatoms. The van der Waals surface area contributed by atoms with Crippen LogP contribution in [0.25, 0.3) is 0 Å². The summed E-state index contributed by atoms with van der Waals surface area (Å²) in [6, 6.07) is 7.22. The maximum atomic E-state index is 11.2. The molecule has 1 aromatic heterocycles. The van der Waals surface area contributed by atoms with E-state index in [1.807, 2.05) is 12.1 Å². The minimum absolute atomic E-state index is 0.0372. The average Bonchev–Trinajstić information content (AvgIpc) is 3.28. The number of rotatable bonds is 5. The summed E-state index contributed by atoms with van der Waals surface area (Å²) in [6.07, 6.45) is 3.47. The largest absolute Gasteiger partial charge is 0.478 e. The molecule has 1 saturated carbocycles. The molecule has 138 valence electrons. The average molecular weight is 355 g/mol. The zero-order chi connectivity index (χ0) is 18.3. The van der Waals surface area contributed by atoms with Crippen LogP contribution in [0.5, 0.6) is 0 Å². The van der Waals surface area contributed by atoms with E-state index < -0.39 is 5.97 Å². The van der Waals surface area contributed by atoms with Crippen LogP contribution >= 0.6 is 0 Å². The molecule has 0 spiro atoms. The molecule has 1 aliphatic heterocycles. The number of carboxylic acid groups (broad SMARTS) is 1. The van der Waals surface area contributed by atoms with Crippen molar-refractivity contribution in [3.8, 4) is 0 Å². The highest BCUT2D eigenvalue weighted by Crippen LogP contribution is 2.50. The predicted molar refractivity (Wildman–Crippen MR) is 96.1 cm³/mol. The Morgan fingerprint density at radius 3 is 3.04 bits per heavy atom. The van der Waals surface area contributed by atoms with Crippen LogP contribution in [0.3, 0.4) is 0 Å². The monoisotopic (exact) mass is 355 g/mol. The first-order valence-corrected chi connectivity index (χ1v) is 9.36. The van der Waals surface area contributed by atoms with Gasteiger partial charge in [0.2, 0.25) is 5.89 Å². The molecule has 2 fully saturated rings. The molecule has 1 saturated heterocycles. The van der Waals surface area contributed by atoms with Crippen LogP contribution in [0, 0.1) is 5.92 Å². The molecule has 2 aromatic rings. The van der Waals surface area contributed by atoms with Crippen LogP contribution < -0.4 is 0 Å². The van der Waals surface area contributed by atoms with Gasteiger partial charge in [-0.25, -0.2) is 4.79 Å². The number of aromatic nitrogens is 2. The summed E-state index contributed by atoms with van der Waals surface area (Å²) in [4.78, 5) is 18.3. The van der Waals surface area contributed by atoms with Crippen molar-refractivity contribution < 1.29 is 14.4 Å². The Morgan fingerprint density at radius 1 is 1.46 bits per heavy atom. The molecule has 0 unspecified atom stereocenters. The van der Waals surface area contributed by atoms with Crippen molar-refractivity contribution in [2.75, 3.05) is 13.1 Å². The number of benzene rings is 1. The normalized spacial score (nSPS) is 25.7. The van der Waals surface area contributed by atoms with E-state index in [1.54, 1.807) is 12.1 Å². The second-order valence-electron chi connectivity index (χ2n) is 8.03. The quantitative estimate of drug-likeness (QED) is 0.885. The summed E-state index contributed by atoms with van der Waals surface area (Å²) in [6.45, 7) is 6.81. The van der Waals surface area contributed by atoms with E-state index in [0.717, 1.165) is 43.3 Å². The van der Waals surface area contributed by atoms with Gasteiger partial charge < -0.3 is 9.63 Å². The molecule has 1 aliphatic carbocycles. The SMILES string of the molecule is CC(C)c1noc([C@@]23CCC[C@@H]2CN(Cc2cccc(C(=O)O)c2)C3)n1. The summed E-state index contributed by atoms with van der Waals surface area (Å²) in [7, 11) is 0. The van der Waals surface area contributed by atoms with Crippen molar-refractivity contribution in [3.63, 3.8) is 0 Å². The topological polar surface area (TPSA) is 79.5 Å². The maximum Gasteiger partial charge on any atom is 0.335 e. The second kappa shape index (κ2) is 6.50. The highest BCUT2D eigenvalue weighted by Gasteiger charge is 2.54. The zero-order valence-corrected chi connectivity index (χ0v) is 15.3. The lowest BCUT2D eigenvalue weighted by Crippen LogP contribution is -2.32. The van der Waals surface area contributed by atoms with Crippen molar-refractivity contribution in [1.82, 2.24) is 15.0 Å². The van der Waals surface area contributed by atoms with Crippen LogP contribution in [0.4, 0.5) is 0 Å². The van der Waals surface area contributed by atoms with Crippen molar-refractivity contribution >= 4 is 5.97 Å². The molecule has 1 N–H and O–H groups in total. The second-order valence-corrected chi connectivity index (χ2v) is 8.03. The summed E-state index contributed by atoms with van der Waals surface area (Å²) in [5.74, 6) is 1.50. The number of carboxylic acids is 1. The number of nitrogens with zero attached hydrogens (tertiary/aromatic N) is 3. The minimum Gasteiger partial charge on any atom is -0.478 e. The highest BCUT2D eigenvalue weighted by molar-refractivity contribution is 5.87. The molecule has 2 atom stereocenters. The first kappa shape index (κ1) is 17.2. The number of aromatic carboxylic acids is 1. The van der Waals surface area contributed by atoms with E-state index in [4.69, 9.17) is 9.51 Å². The molecule has 0 bridgehead atoms. The van der Waals surface area contributed by atoms with Crippen molar-refractivity contribution in [1.29, 1.82) is 0 Å². The number of carbonyl (C=O) groups is 1. The number of hydrogen-bond acceptors (Lipinski definition) is 5. The van der Waals surface area contributed by atoms with E-state index in [-0.39, 0.29) is 11.3 Å². The maximum absolute atomic E-state index is 11.2. The Balaban J connectivity index is 1.55. The van der Waals surface area contributed by atoms with Gasteiger partial charge in [0.15, 0.2) is 5.82 Å². The van der Waals surface area contributed by atoms with Gasteiger partial charge in [0.05, 0.1) is 11.0 Å². The van der Waals surface area contributed by atoms with Crippen molar-refractivity contribution in [2.45, 2.75) is 51.0 Å². The van der Waals surface area contributed by atoms with Crippen LogP contribution in [-0.4, -0.2) is 39.2 Å². The van der Waals surface area contributed by atoms with E-state index >= 15 is 0 Å². The Morgan fingerprint density at radius 2 is 2.31 bits per heavy atom. The fourth-order valence-corrected chi connectivity index (χ4v) is 4.60. The van der Waals surface area contributed by atoms with Gasteiger partial charge in [-0.3, -0.25) is 4.90 Å². The molecule has 0 radical (unpaired) electrons. The van der Waals surface area contributed by atoms with Gasteiger partial charge in [-0.1, -0.05) is 37.6 Å². The summed E-state index contributed by atoms with van der Waals surface area (Å²) in [5, 5.41) is 13.4. The summed E-state index contributed by atoms with van der Waals surface area (Å²) < 4.78 is 5.70. The fraction of sp³-hybridized carbons (Fsp3) is 0.550. The van der Waals surface area contributed by atoms with Crippen LogP contribution in [-0.2, 0) is 12.0 Å². The molecule has 2 heterocycles. The third-order valence-corrected chi connectivity index (χ3v) is 5.91. The minimum atomic E-state index is -0.881. The lowest BCUT2D eigenvalue weighted by atomic mass is 9.80. The third kappa shape index (κ3) is 2.92. The van der Waals surface area contributed by atoms with Crippen LogP contribution in [0.1, 0.15) is 66.7 Å².